The van der Waals surface area contributed by atoms with Crippen molar-refractivity contribution in [1.82, 2.24) is 19.7 Å². The van der Waals surface area contributed by atoms with E-state index in [4.69, 9.17) is 11.1 Å². The predicted octanol–water partition coefficient (Wildman–Crippen LogP) is 3.21. The molecule has 0 aliphatic rings. The van der Waals surface area contributed by atoms with Gasteiger partial charge in [-0.3, -0.25) is 4.68 Å². The Balaban J connectivity index is 1.68. The van der Waals surface area contributed by atoms with Crippen LogP contribution in [0, 0.1) is 5.41 Å². The number of nitrogens with two attached hydrogens (primary N) is 1. The maximum Gasteiger partial charge on any atom is 0.229 e. The van der Waals surface area contributed by atoms with Crippen LogP contribution in [0.25, 0.3) is 10.9 Å². The van der Waals surface area contributed by atoms with E-state index in [0.717, 1.165) is 22.3 Å². The van der Waals surface area contributed by atoms with Gasteiger partial charge in [0.05, 0.1) is 17.4 Å². The number of nitrogens with zero attached hydrogens (tertiary/aromatic N) is 5. The average molecular weight is 416 g/mol. The number of aliphatic hydroxyl groups is 1. The third-order valence-corrected chi connectivity index (χ3v) is 5.01. The Morgan fingerprint density at radius 1 is 1.26 bits per heavy atom. The summed E-state index contributed by atoms with van der Waals surface area (Å²) in [6, 6.07) is 13.2. The lowest BCUT2D eigenvalue weighted by molar-refractivity contribution is 0.290. The van der Waals surface area contributed by atoms with Crippen molar-refractivity contribution in [3.63, 3.8) is 0 Å². The largest absolute Gasteiger partial charge is 0.398 e. The number of nitrogen functional groups attached to an aromatic ring is 1. The molecule has 0 aliphatic carbocycles. The molecule has 0 radical (unpaired) electrons. The van der Waals surface area contributed by atoms with Crippen molar-refractivity contribution in [2.24, 2.45) is 7.05 Å². The van der Waals surface area contributed by atoms with E-state index in [1.165, 1.54) is 6.21 Å². The van der Waals surface area contributed by atoms with Crippen LogP contribution in [0.4, 0.5) is 28.8 Å². The molecule has 0 atom stereocenters. The lowest BCUT2D eigenvalue weighted by Crippen LogP contribution is -2.22. The zero-order valence-corrected chi connectivity index (χ0v) is 17.2. The first-order chi connectivity index (χ1) is 15.1. The summed E-state index contributed by atoms with van der Waals surface area (Å²) in [7, 11) is 1.90. The summed E-state index contributed by atoms with van der Waals surface area (Å²) in [5, 5.41) is 25.7. The second-order valence-electron chi connectivity index (χ2n) is 7.06. The highest BCUT2D eigenvalue weighted by atomic mass is 16.3. The molecule has 0 spiro atoms. The highest BCUT2D eigenvalue weighted by molar-refractivity contribution is 5.94. The van der Waals surface area contributed by atoms with E-state index in [-0.39, 0.29) is 6.61 Å². The minimum atomic E-state index is 0.0413. The maximum atomic E-state index is 9.38. The van der Waals surface area contributed by atoms with Gasteiger partial charge in [-0.05, 0) is 42.8 Å². The Labute approximate surface area is 179 Å². The number of hydrogen-bond acceptors (Lipinski definition) is 8. The fraction of sp³-hybridized carbons (Fsp3) is 0.182. The molecule has 5 N–H and O–H groups in total. The number of aryl methyl sites for hydroxylation is 1. The molecule has 4 aromatic rings. The van der Waals surface area contributed by atoms with Crippen molar-refractivity contribution in [1.29, 1.82) is 5.41 Å². The van der Waals surface area contributed by atoms with Crippen LogP contribution in [0.1, 0.15) is 12.0 Å². The average Bonchev–Trinajstić information content (AvgIpc) is 3.15. The second kappa shape index (κ2) is 8.80. The van der Waals surface area contributed by atoms with Crippen LogP contribution in [-0.4, -0.2) is 44.2 Å². The molecule has 2 aromatic carbocycles. The van der Waals surface area contributed by atoms with Crippen LogP contribution < -0.4 is 16.0 Å². The van der Waals surface area contributed by atoms with Crippen LogP contribution >= 0.6 is 0 Å². The van der Waals surface area contributed by atoms with Crippen LogP contribution in [0.2, 0.25) is 0 Å². The standard InChI is InChI=1S/C22H24N8O/c1-29-20-12-16(7-6-15(20)14-26-29)27-22-25-9-8-21(28-22)30(10-3-11-31)19-5-2-4-18(24)17(19)13-23/h2,4-9,12-14,23,31H,3,10-11,24H2,1H3,(H,25,27,28). The molecule has 0 fully saturated rings. The van der Waals surface area contributed by atoms with Crippen molar-refractivity contribution in [3.05, 3.63) is 60.4 Å². The van der Waals surface area contributed by atoms with Gasteiger partial charge >= 0.3 is 0 Å². The highest BCUT2D eigenvalue weighted by Gasteiger charge is 2.16. The zero-order valence-electron chi connectivity index (χ0n) is 17.2. The van der Waals surface area contributed by atoms with Gasteiger partial charge in [-0.15, -0.1) is 0 Å². The van der Waals surface area contributed by atoms with Gasteiger partial charge in [0, 0.05) is 54.9 Å². The topological polar surface area (TPSA) is 129 Å². The quantitative estimate of drug-likeness (QED) is 0.256. The van der Waals surface area contributed by atoms with E-state index in [1.54, 1.807) is 18.3 Å². The number of benzene rings is 2. The Hall–Kier alpha value is -3.98. The first-order valence-electron chi connectivity index (χ1n) is 9.90. The molecule has 158 valence electrons. The van der Waals surface area contributed by atoms with Crippen molar-refractivity contribution in [2.45, 2.75) is 6.42 Å². The second-order valence-corrected chi connectivity index (χ2v) is 7.06. The fourth-order valence-electron chi connectivity index (χ4n) is 3.46. The summed E-state index contributed by atoms with van der Waals surface area (Å²) in [5.74, 6) is 1.08. The first kappa shape index (κ1) is 20.3. The van der Waals surface area contributed by atoms with Gasteiger partial charge in [0.15, 0.2) is 0 Å². The van der Waals surface area contributed by atoms with E-state index in [1.807, 2.05) is 53.2 Å². The lowest BCUT2D eigenvalue weighted by atomic mass is 10.1. The summed E-state index contributed by atoms with van der Waals surface area (Å²) in [6.45, 7) is 0.553. The summed E-state index contributed by atoms with van der Waals surface area (Å²) in [6.07, 6.45) is 5.27. The van der Waals surface area contributed by atoms with Crippen molar-refractivity contribution >= 4 is 45.9 Å². The molecule has 0 unspecified atom stereocenters. The van der Waals surface area contributed by atoms with E-state index in [2.05, 4.69) is 20.4 Å². The Morgan fingerprint density at radius 3 is 2.94 bits per heavy atom. The number of nitrogens with one attached hydrogen (secondary N) is 2. The number of anilines is 5. The first-order valence-corrected chi connectivity index (χ1v) is 9.90. The molecule has 0 aliphatic heterocycles. The normalized spacial score (nSPS) is 10.9. The van der Waals surface area contributed by atoms with Gasteiger partial charge in [-0.25, -0.2) is 4.98 Å². The molecule has 2 aromatic heterocycles. The van der Waals surface area contributed by atoms with Gasteiger partial charge in [-0.1, -0.05) is 6.07 Å². The molecule has 0 saturated heterocycles. The molecule has 0 saturated carbocycles. The smallest absolute Gasteiger partial charge is 0.229 e. The molecular formula is C22H24N8O. The van der Waals surface area contributed by atoms with E-state index >= 15 is 0 Å². The van der Waals surface area contributed by atoms with Gasteiger partial charge in [0.1, 0.15) is 5.82 Å². The minimum absolute atomic E-state index is 0.0413. The van der Waals surface area contributed by atoms with E-state index < -0.39 is 0 Å². The molecule has 9 nitrogen and oxygen atoms in total. The predicted molar refractivity (Wildman–Crippen MR) is 123 cm³/mol. The van der Waals surface area contributed by atoms with Crippen LogP contribution in [0.5, 0.6) is 0 Å². The highest BCUT2D eigenvalue weighted by Crippen LogP contribution is 2.30. The van der Waals surface area contributed by atoms with Crippen molar-refractivity contribution in [2.75, 3.05) is 29.1 Å². The molecule has 31 heavy (non-hydrogen) atoms. The van der Waals surface area contributed by atoms with E-state index in [0.29, 0.717) is 36.0 Å². The van der Waals surface area contributed by atoms with Gasteiger partial charge < -0.3 is 26.5 Å². The Morgan fingerprint density at radius 2 is 2.13 bits per heavy atom. The molecule has 0 bridgehead atoms. The summed E-state index contributed by atoms with van der Waals surface area (Å²) in [5.41, 5.74) is 9.80. The third-order valence-electron chi connectivity index (χ3n) is 5.01. The van der Waals surface area contributed by atoms with Gasteiger partial charge in [0.25, 0.3) is 0 Å². The molecule has 9 heteroatoms. The van der Waals surface area contributed by atoms with Gasteiger partial charge in [-0.2, -0.15) is 10.1 Å². The van der Waals surface area contributed by atoms with Crippen LogP contribution in [-0.2, 0) is 7.05 Å². The summed E-state index contributed by atoms with van der Waals surface area (Å²) < 4.78 is 1.81. The SMILES string of the molecule is Cn1ncc2ccc(Nc3nccc(N(CCCO)c4cccc(N)c4C=N)n3)cc21. The monoisotopic (exact) mass is 416 g/mol. The fourth-order valence-corrected chi connectivity index (χ4v) is 3.46. The van der Waals surface area contributed by atoms with Crippen LogP contribution in [0.15, 0.2) is 54.9 Å². The number of fused-ring (bicyclic) bond motifs is 1. The number of aliphatic hydroxyl groups excluding tert-OH is 1. The minimum Gasteiger partial charge on any atom is -0.398 e. The molecule has 2 heterocycles. The molecule has 4 rings (SSSR count). The van der Waals surface area contributed by atoms with E-state index in [9.17, 15) is 5.11 Å². The van der Waals surface area contributed by atoms with Gasteiger partial charge in [0.2, 0.25) is 5.95 Å². The summed E-state index contributed by atoms with van der Waals surface area (Å²) in [4.78, 5) is 11.0. The Bertz CT molecular complexity index is 1220. The maximum absolute atomic E-state index is 9.38. The summed E-state index contributed by atoms with van der Waals surface area (Å²) >= 11 is 0. The molecular weight excluding hydrogens is 392 g/mol. The zero-order chi connectivity index (χ0) is 21.8. The van der Waals surface area contributed by atoms with Crippen molar-refractivity contribution < 1.29 is 5.11 Å². The molecule has 0 amide bonds. The van der Waals surface area contributed by atoms with Crippen LogP contribution in [0.3, 0.4) is 0 Å². The number of aromatic nitrogens is 4. The lowest BCUT2D eigenvalue weighted by Gasteiger charge is -2.26. The number of hydrogen-bond donors (Lipinski definition) is 4. The van der Waals surface area contributed by atoms with Crippen molar-refractivity contribution in [3.8, 4) is 0 Å². The third kappa shape index (κ3) is 4.17. The Kier molecular flexibility index (Phi) is 5.76. The number of rotatable bonds is 8.